The highest BCUT2D eigenvalue weighted by Gasteiger charge is 2.40. The number of nitrogens with two attached hydrogens (primary N) is 1. The van der Waals surface area contributed by atoms with Crippen LogP contribution in [0.1, 0.15) is 24.3 Å². The standard InChI is InChI=1S/C12H16F3NO/c13-12(14,15)11(7-6-10(16)8-17)9-4-2-1-3-5-9/h1-5,10-11,17H,6-8,16H2/t10-,11?/m0/s1. The third-order valence-corrected chi connectivity index (χ3v) is 2.66. The lowest BCUT2D eigenvalue weighted by Crippen LogP contribution is -2.28. The minimum absolute atomic E-state index is 0.102. The molecule has 3 N–H and O–H groups in total. The Morgan fingerprint density at radius 3 is 2.18 bits per heavy atom. The van der Waals surface area contributed by atoms with Gasteiger partial charge in [-0.1, -0.05) is 30.3 Å². The van der Waals surface area contributed by atoms with Gasteiger partial charge in [-0.2, -0.15) is 13.2 Å². The second-order valence-electron chi connectivity index (χ2n) is 4.02. The van der Waals surface area contributed by atoms with E-state index in [4.69, 9.17) is 10.8 Å². The summed E-state index contributed by atoms with van der Waals surface area (Å²) in [6.07, 6.45) is -4.23. The van der Waals surface area contributed by atoms with Crippen LogP contribution in [0.5, 0.6) is 0 Å². The molecule has 1 aromatic rings. The Hall–Kier alpha value is -1.07. The van der Waals surface area contributed by atoms with Crippen molar-refractivity contribution in [1.29, 1.82) is 0 Å². The smallest absolute Gasteiger partial charge is 0.395 e. The lowest BCUT2D eigenvalue weighted by molar-refractivity contribution is -0.152. The Bertz CT molecular complexity index is 326. The molecule has 2 nitrogen and oxygen atoms in total. The third-order valence-electron chi connectivity index (χ3n) is 2.66. The molecule has 0 amide bonds. The highest BCUT2D eigenvalue weighted by Crippen LogP contribution is 2.38. The zero-order valence-corrected chi connectivity index (χ0v) is 9.32. The van der Waals surface area contributed by atoms with Crippen LogP contribution in [0.4, 0.5) is 13.2 Å². The van der Waals surface area contributed by atoms with Gasteiger partial charge >= 0.3 is 6.18 Å². The van der Waals surface area contributed by atoms with E-state index in [2.05, 4.69) is 0 Å². The van der Waals surface area contributed by atoms with Crippen LogP contribution in [-0.2, 0) is 0 Å². The molecule has 0 heterocycles. The average molecular weight is 247 g/mol. The van der Waals surface area contributed by atoms with Crippen LogP contribution in [0.15, 0.2) is 30.3 Å². The van der Waals surface area contributed by atoms with Gasteiger partial charge in [-0.05, 0) is 18.4 Å². The molecule has 0 aliphatic rings. The molecule has 0 aromatic heterocycles. The first-order chi connectivity index (χ1) is 7.95. The van der Waals surface area contributed by atoms with Gasteiger partial charge in [0.05, 0.1) is 12.5 Å². The molecule has 96 valence electrons. The summed E-state index contributed by atoms with van der Waals surface area (Å²) in [5, 5.41) is 8.71. The van der Waals surface area contributed by atoms with Crippen molar-refractivity contribution in [2.75, 3.05) is 6.61 Å². The molecule has 0 bridgehead atoms. The summed E-state index contributed by atoms with van der Waals surface area (Å²) in [5.74, 6) is -1.51. The summed E-state index contributed by atoms with van der Waals surface area (Å²) in [6, 6.07) is 7.17. The Morgan fingerprint density at radius 1 is 1.12 bits per heavy atom. The minimum atomic E-state index is -4.28. The van der Waals surface area contributed by atoms with Crippen molar-refractivity contribution < 1.29 is 18.3 Å². The molecule has 1 rings (SSSR count). The van der Waals surface area contributed by atoms with Gasteiger partial charge < -0.3 is 10.8 Å². The fraction of sp³-hybridized carbons (Fsp3) is 0.500. The van der Waals surface area contributed by atoms with E-state index in [0.29, 0.717) is 0 Å². The summed E-state index contributed by atoms with van der Waals surface area (Å²) >= 11 is 0. The lowest BCUT2D eigenvalue weighted by Gasteiger charge is -2.21. The van der Waals surface area contributed by atoms with Crippen LogP contribution in [-0.4, -0.2) is 23.9 Å². The summed E-state index contributed by atoms with van der Waals surface area (Å²) in [7, 11) is 0. The zero-order chi connectivity index (χ0) is 12.9. The molecule has 5 heteroatoms. The average Bonchev–Trinajstić information content (AvgIpc) is 2.28. The van der Waals surface area contributed by atoms with E-state index in [-0.39, 0.29) is 25.0 Å². The first-order valence-electron chi connectivity index (χ1n) is 5.43. The van der Waals surface area contributed by atoms with Crippen LogP contribution < -0.4 is 5.73 Å². The van der Waals surface area contributed by atoms with E-state index in [0.717, 1.165) is 0 Å². The molecule has 0 aliphatic heterocycles. The van der Waals surface area contributed by atoms with Crippen molar-refractivity contribution in [2.24, 2.45) is 5.73 Å². The number of alkyl halides is 3. The number of hydrogen-bond acceptors (Lipinski definition) is 2. The van der Waals surface area contributed by atoms with E-state index in [9.17, 15) is 13.2 Å². The highest BCUT2D eigenvalue weighted by molar-refractivity contribution is 5.21. The molecular weight excluding hydrogens is 231 g/mol. The van der Waals surface area contributed by atoms with Crippen molar-refractivity contribution in [3.63, 3.8) is 0 Å². The Kier molecular flexibility index (Phi) is 4.96. The molecule has 0 saturated carbocycles. The summed E-state index contributed by atoms with van der Waals surface area (Å²) in [6.45, 7) is -0.292. The van der Waals surface area contributed by atoms with Crippen LogP contribution in [0.2, 0.25) is 0 Å². The topological polar surface area (TPSA) is 46.2 Å². The van der Waals surface area contributed by atoms with Crippen molar-refractivity contribution in [1.82, 2.24) is 0 Å². The quantitative estimate of drug-likeness (QED) is 0.839. The maximum atomic E-state index is 12.9. The molecule has 2 atom stereocenters. The van der Waals surface area contributed by atoms with Crippen LogP contribution in [0, 0.1) is 0 Å². The van der Waals surface area contributed by atoms with Crippen LogP contribution in [0.3, 0.4) is 0 Å². The summed E-state index contributed by atoms with van der Waals surface area (Å²) < 4.78 is 38.6. The number of rotatable bonds is 5. The van der Waals surface area contributed by atoms with E-state index < -0.39 is 18.1 Å². The molecule has 0 aliphatic carbocycles. The zero-order valence-electron chi connectivity index (χ0n) is 9.32. The van der Waals surface area contributed by atoms with Crippen molar-refractivity contribution in [3.8, 4) is 0 Å². The predicted molar refractivity (Wildman–Crippen MR) is 59.5 cm³/mol. The summed E-state index contributed by atoms with van der Waals surface area (Å²) in [5.41, 5.74) is 5.67. The van der Waals surface area contributed by atoms with Crippen LogP contribution in [0.25, 0.3) is 0 Å². The molecular formula is C12H16F3NO. The minimum Gasteiger partial charge on any atom is -0.395 e. The van der Waals surface area contributed by atoms with Gasteiger partial charge in [0, 0.05) is 6.04 Å². The van der Waals surface area contributed by atoms with Crippen LogP contribution >= 0.6 is 0 Å². The second-order valence-corrected chi connectivity index (χ2v) is 4.02. The highest BCUT2D eigenvalue weighted by atomic mass is 19.4. The van der Waals surface area contributed by atoms with Crippen molar-refractivity contribution >= 4 is 0 Å². The normalized spacial score (nSPS) is 15.6. The van der Waals surface area contributed by atoms with Gasteiger partial charge in [-0.15, -0.1) is 0 Å². The first kappa shape index (κ1) is 14.0. The van der Waals surface area contributed by atoms with Gasteiger partial charge in [0.25, 0.3) is 0 Å². The number of halogens is 3. The summed E-state index contributed by atoms with van der Waals surface area (Å²) in [4.78, 5) is 0. The molecule has 0 spiro atoms. The van der Waals surface area contributed by atoms with Gasteiger partial charge in [-0.25, -0.2) is 0 Å². The van der Waals surface area contributed by atoms with E-state index >= 15 is 0 Å². The largest absolute Gasteiger partial charge is 0.395 e. The molecule has 1 unspecified atom stereocenters. The number of aliphatic hydroxyl groups excluding tert-OH is 1. The molecule has 0 saturated heterocycles. The Morgan fingerprint density at radius 2 is 1.71 bits per heavy atom. The SMILES string of the molecule is N[C@H](CO)CCC(c1ccccc1)C(F)(F)F. The Labute approximate surface area is 98.3 Å². The second kappa shape index (κ2) is 6.02. The third kappa shape index (κ3) is 4.36. The first-order valence-corrected chi connectivity index (χ1v) is 5.43. The van der Waals surface area contributed by atoms with Crippen molar-refractivity contribution in [2.45, 2.75) is 31.0 Å². The maximum Gasteiger partial charge on any atom is 0.395 e. The number of hydrogen-bond donors (Lipinski definition) is 2. The molecule has 0 radical (unpaired) electrons. The van der Waals surface area contributed by atoms with E-state index in [1.807, 2.05) is 0 Å². The molecule has 17 heavy (non-hydrogen) atoms. The molecule has 1 aromatic carbocycles. The van der Waals surface area contributed by atoms with Crippen molar-refractivity contribution in [3.05, 3.63) is 35.9 Å². The fourth-order valence-corrected chi connectivity index (χ4v) is 1.68. The fourth-order valence-electron chi connectivity index (χ4n) is 1.68. The van der Waals surface area contributed by atoms with E-state index in [1.54, 1.807) is 18.2 Å². The van der Waals surface area contributed by atoms with Gasteiger partial charge in [0.15, 0.2) is 0 Å². The lowest BCUT2D eigenvalue weighted by atomic mass is 9.92. The Balaban J connectivity index is 2.76. The molecule has 0 fully saturated rings. The van der Waals surface area contributed by atoms with E-state index in [1.165, 1.54) is 12.1 Å². The number of aliphatic hydroxyl groups is 1. The van der Waals surface area contributed by atoms with Gasteiger partial charge in [0.1, 0.15) is 0 Å². The van der Waals surface area contributed by atoms with Gasteiger partial charge in [0.2, 0.25) is 0 Å². The maximum absolute atomic E-state index is 12.9. The predicted octanol–water partition coefficient (Wildman–Crippen LogP) is 2.43. The van der Waals surface area contributed by atoms with Gasteiger partial charge in [-0.3, -0.25) is 0 Å². The number of benzene rings is 1. The monoisotopic (exact) mass is 247 g/mol.